The average molecular weight is 444 g/mol. The summed E-state index contributed by atoms with van der Waals surface area (Å²) in [5, 5.41) is 8.35. The molecule has 27 heavy (non-hydrogen) atoms. The normalized spacial score (nSPS) is 10.5. The molecular weight excluding hydrogens is 426 g/mol. The summed E-state index contributed by atoms with van der Waals surface area (Å²) in [7, 11) is 0. The number of nitrogens with zero attached hydrogens (tertiary/aromatic N) is 1. The van der Waals surface area contributed by atoms with Crippen molar-refractivity contribution in [3.05, 3.63) is 63.6 Å². The lowest BCUT2D eigenvalue weighted by Crippen LogP contribution is -2.17. The number of amides is 2. The van der Waals surface area contributed by atoms with Gasteiger partial charge in [-0.15, -0.1) is 11.3 Å². The zero-order valence-corrected chi connectivity index (χ0v) is 17.3. The zero-order chi connectivity index (χ0) is 19.4. The Morgan fingerprint density at radius 1 is 1.11 bits per heavy atom. The van der Waals surface area contributed by atoms with Crippen LogP contribution in [-0.2, 0) is 16.0 Å². The van der Waals surface area contributed by atoms with Gasteiger partial charge in [0, 0.05) is 22.3 Å². The van der Waals surface area contributed by atoms with E-state index < -0.39 is 0 Å². The van der Waals surface area contributed by atoms with Gasteiger partial charge in [-0.25, -0.2) is 4.98 Å². The van der Waals surface area contributed by atoms with Crippen LogP contribution in [0.1, 0.15) is 18.2 Å². The molecule has 138 valence electrons. The van der Waals surface area contributed by atoms with Gasteiger partial charge in [-0.3, -0.25) is 9.59 Å². The van der Waals surface area contributed by atoms with Crippen LogP contribution in [0.25, 0.3) is 10.6 Å². The molecule has 2 amide bonds. The predicted molar refractivity (Wildman–Crippen MR) is 113 cm³/mol. The van der Waals surface area contributed by atoms with Crippen molar-refractivity contribution in [2.75, 3.05) is 10.6 Å². The maximum Gasteiger partial charge on any atom is 0.230 e. The summed E-state index contributed by atoms with van der Waals surface area (Å²) in [6, 6.07) is 13.4. The summed E-state index contributed by atoms with van der Waals surface area (Å²) in [5.41, 5.74) is 3.87. The van der Waals surface area contributed by atoms with Crippen molar-refractivity contribution in [2.45, 2.75) is 20.3 Å². The molecule has 1 aromatic heterocycles. The Hall–Kier alpha value is -2.51. The summed E-state index contributed by atoms with van der Waals surface area (Å²) in [5.74, 6) is -0.370. The number of carbonyl (C=O) groups is 2. The van der Waals surface area contributed by atoms with Crippen LogP contribution in [0.2, 0.25) is 0 Å². The first kappa shape index (κ1) is 19.3. The van der Waals surface area contributed by atoms with Crippen molar-refractivity contribution in [1.82, 2.24) is 4.98 Å². The highest BCUT2D eigenvalue weighted by atomic mass is 79.9. The van der Waals surface area contributed by atoms with Gasteiger partial charge in [0.1, 0.15) is 5.01 Å². The van der Waals surface area contributed by atoms with Crippen molar-refractivity contribution < 1.29 is 9.59 Å². The van der Waals surface area contributed by atoms with Gasteiger partial charge in [0.2, 0.25) is 11.8 Å². The molecule has 0 radical (unpaired) electrons. The van der Waals surface area contributed by atoms with E-state index in [1.165, 1.54) is 18.3 Å². The van der Waals surface area contributed by atoms with Crippen LogP contribution < -0.4 is 10.6 Å². The number of carbonyl (C=O) groups excluding carboxylic acids is 2. The highest BCUT2D eigenvalue weighted by Crippen LogP contribution is 2.27. The van der Waals surface area contributed by atoms with E-state index >= 15 is 0 Å². The summed E-state index contributed by atoms with van der Waals surface area (Å²) in [6.07, 6.45) is 0.165. The molecule has 1 heterocycles. The minimum absolute atomic E-state index is 0.165. The number of rotatable bonds is 5. The summed E-state index contributed by atoms with van der Waals surface area (Å²) in [6.45, 7) is 3.36. The largest absolute Gasteiger partial charge is 0.325 e. The first-order valence-corrected chi connectivity index (χ1v) is 9.96. The molecule has 7 heteroatoms. The maximum atomic E-state index is 12.5. The Morgan fingerprint density at radius 2 is 1.93 bits per heavy atom. The first-order chi connectivity index (χ1) is 12.9. The highest BCUT2D eigenvalue weighted by Gasteiger charge is 2.12. The molecule has 3 aromatic rings. The smallest absolute Gasteiger partial charge is 0.230 e. The molecule has 0 aliphatic carbocycles. The molecule has 0 saturated heterocycles. The Bertz CT molecular complexity index is 1000. The van der Waals surface area contributed by atoms with E-state index in [4.69, 9.17) is 0 Å². The number of anilines is 2. The van der Waals surface area contributed by atoms with Crippen molar-refractivity contribution in [3.8, 4) is 10.6 Å². The summed E-state index contributed by atoms with van der Waals surface area (Å²) < 4.78 is 0.986. The molecule has 0 spiro atoms. The fourth-order valence-electron chi connectivity index (χ4n) is 2.56. The van der Waals surface area contributed by atoms with Gasteiger partial charge in [0.05, 0.1) is 23.5 Å². The molecule has 5 nitrogen and oxygen atoms in total. The first-order valence-electron chi connectivity index (χ1n) is 8.29. The Kier molecular flexibility index (Phi) is 6.03. The summed E-state index contributed by atoms with van der Waals surface area (Å²) >= 11 is 4.96. The van der Waals surface area contributed by atoms with E-state index in [2.05, 4.69) is 31.5 Å². The van der Waals surface area contributed by atoms with E-state index in [0.717, 1.165) is 20.6 Å². The van der Waals surface area contributed by atoms with Crippen LogP contribution in [-0.4, -0.2) is 16.8 Å². The van der Waals surface area contributed by atoms with Crippen molar-refractivity contribution in [1.29, 1.82) is 0 Å². The number of hydrogen-bond acceptors (Lipinski definition) is 4. The van der Waals surface area contributed by atoms with Gasteiger partial charge in [0.15, 0.2) is 0 Å². The monoisotopic (exact) mass is 443 g/mol. The quantitative estimate of drug-likeness (QED) is 0.581. The molecule has 2 aromatic carbocycles. The molecule has 0 aliphatic heterocycles. The molecule has 0 unspecified atom stereocenters. The number of aryl methyl sites for hydroxylation is 1. The van der Waals surface area contributed by atoms with Gasteiger partial charge in [0.25, 0.3) is 0 Å². The van der Waals surface area contributed by atoms with Crippen molar-refractivity contribution in [3.63, 3.8) is 0 Å². The van der Waals surface area contributed by atoms with Crippen molar-refractivity contribution in [2.24, 2.45) is 0 Å². The topological polar surface area (TPSA) is 71.1 Å². The Morgan fingerprint density at radius 3 is 2.67 bits per heavy atom. The van der Waals surface area contributed by atoms with Gasteiger partial charge in [-0.2, -0.15) is 0 Å². The molecule has 2 N–H and O–H groups in total. The molecule has 3 rings (SSSR count). The lowest BCUT2D eigenvalue weighted by molar-refractivity contribution is -0.116. The van der Waals surface area contributed by atoms with E-state index in [-0.39, 0.29) is 18.2 Å². The minimum atomic E-state index is -0.187. The van der Waals surface area contributed by atoms with E-state index in [9.17, 15) is 9.59 Å². The lowest BCUT2D eigenvalue weighted by Gasteiger charge is -2.12. The van der Waals surface area contributed by atoms with Crippen LogP contribution in [0.5, 0.6) is 0 Å². The fraction of sp³-hybridized carbons (Fsp3) is 0.150. The van der Waals surface area contributed by atoms with Crippen LogP contribution in [0.4, 0.5) is 11.4 Å². The zero-order valence-electron chi connectivity index (χ0n) is 14.9. The second-order valence-corrected chi connectivity index (χ2v) is 7.88. The van der Waals surface area contributed by atoms with E-state index in [1.54, 1.807) is 6.07 Å². The van der Waals surface area contributed by atoms with E-state index in [0.29, 0.717) is 17.1 Å². The Balaban J connectivity index is 1.72. The van der Waals surface area contributed by atoms with Crippen LogP contribution >= 0.6 is 27.3 Å². The second-order valence-electron chi connectivity index (χ2n) is 6.11. The number of nitrogens with one attached hydrogen (secondary N) is 2. The van der Waals surface area contributed by atoms with Gasteiger partial charge >= 0.3 is 0 Å². The standard InChI is InChI=1S/C20H18BrN3O2S/c1-12-6-7-17(22-13(2)25)18(8-12)24-19(26)10-16-11-27-20(23-16)14-4-3-5-15(21)9-14/h3-9,11H,10H2,1-2H3,(H,22,25)(H,24,26). The average Bonchev–Trinajstić information content (AvgIpc) is 3.05. The van der Waals surface area contributed by atoms with Gasteiger partial charge in [-0.05, 0) is 36.8 Å². The number of aromatic nitrogens is 1. The van der Waals surface area contributed by atoms with Crippen LogP contribution in [0.3, 0.4) is 0 Å². The molecule has 0 atom stereocenters. The third-order valence-corrected chi connectivity index (χ3v) is 5.16. The predicted octanol–water partition coefficient (Wildman–Crippen LogP) is 5.02. The SMILES string of the molecule is CC(=O)Nc1ccc(C)cc1NC(=O)Cc1csc(-c2cccc(Br)c2)n1. The third-order valence-electron chi connectivity index (χ3n) is 3.72. The molecule has 0 fully saturated rings. The molecular formula is C20H18BrN3O2S. The molecule has 0 saturated carbocycles. The highest BCUT2D eigenvalue weighted by molar-refractivity contribution is 9.10. The second kappa shape index (κ2) is 8.45. The fourth-order valence-corrected chi connectivity index (χ4v) is 3.78. The van der Waals surface area contributed by atoms with Gasteiger partial charge in [-0.1, -0.05) is 34.1 Å². The van der Waals surface area contributed by atoms with Gasteiger partial charge < -0.3 is 10.6 Å². The van der Waals surface area contributed by atoms with Crippen LogP contribution in [0, 0.1) is 6.92 Å². The third kappa shape index (κ3) is 5.24. The number of benzene rings is 2. The molecule has 0 aliphatic rings. The number of thiazole rings is 1. The summed E-state index contributed by atoms with van der Waals surface area (Å²) in [4.78, 5) is 28.4. The molecule has 0 bridgehead atoms. The lowest BCUT2D eigenvalue weighted by atomic mass is 10.2. The van der Waals surface area contributed by atoms with Crippen LogP contribution in [0.15, 0.2) is 52.3 Å². The Labute approximate surface area is 170 Å². The number of halogens is 1. The van der Waals surface area contributed by atoms with E-state index in [1.807, 2.05) is 48.7 Å². The van der Waals surface area contributed by atoms with Crippen molar-refractivity contribution >= 4 is 50.5 Å². The number of hydrogen-bond donors (Lipinski definition) is 2. The maximum absolute atomic E-state index is 12.5. The minimum Gasteiger partial charge on any atom is -0.325 e.